The molecule has 0 spiro atoms. The van der Waals surface area contributed by atoms with Gasteiger partial charge in [-0.2, -0.15) is 5.10 Å². The highest BCUT2D eigenvalue weighted by Crippen LogP contribution is 2.22. The van der Waals surface area contributed by atoms with Gasteiger partial charge in [-0.25, -0.2) is 14.6 Å². The second kappa shape index (κ2) is 6.22. The maximum Gasteiger partial charge on any atom is 0.159 e. The van der Waals surface area contributed by atoms with Crippen LogP contribution in [0.15, 0.2) is 6.07 Å². The number of nitrogens with one attached hydrogen (secondary N) is 1. The van der Waals surface area contributed by atoms with Crippen molar-refractivity contribution in [2.75, 3.05) is 11.9 Å². The SMILES string of the molecule is CCCc1nc(NCC)cc(-n2nc(C)c(Cl)c2C)n1. The molecule has 2 rings (SSSR count). The molecule has 0 saturated carbocycles. The van der Waals surface area contributed by atoms with Crippen molar-refractivity contribution in [3.63, 3.8) is 0 Å². The number of hydrogen-bond donors (Lipinski definition) is 1. The van der Waals surface area contributed by atoms with E-state index in [0.29, 0.717) is 5.02 Å². The number of hydrogen-bond acceptors (Lipinski definition) is 4. The van der Waals surface area contributed by atoms with Crippen LogP contribution in [0.25, 0.3) is 5.82 Å². The summed E-state index contributed by atoms with van der Waals surface area (Å²) in [4.78, 5) is 9.08. The number of anilines is 1. The predicted molar refractivity (Wildman–Crippen MR) is 81.8 cm³/mol. The third kappa shape index (κ3) is 2.93. The number of aromatic nitrogens is 4. The lowest BCUT2D eigenvalue weighted by Gasteiger charge is -2.09. The van der Waals surface area contributed by atoms with Crippen LogP contribution < -0.4 is 5.32 Å². The van der Waals surface area contributed by atoms with Crippen LogP contribution in [0.1, 0.15) is 37.5 Å². The average molecular weight is 294 g/mol. The summed E-state index contributed by atoms with van der Waals surface area (Å²) in [6, 6.07) is 1.90. The van der Waals surface area contributed by atoms with E-state index in [-0.39, 0.29) is 0 Å². The summed E-state index contributed by atoms with van der Waals surface area (Å²) in [5.41, 5.74) is 1.71. The van der Waals surface area contributed by atoms with Crippen LogP contribution in [0, 0.1) is 13.8 Å². The maximum absolute atomic E-state index is 6.21. The minimum atomic E-state index is 0.686. The van der Waals surface area contributed by atoms with Gasteiger partial charge in [0.05, 0.1) is 16.4 Å². The monoisotopic (exact) mass is 293 g/mol. The van der Waals surface area contributed by atoms with Gasteiger partial charge in [-0.05, 0) is 27.2 Å². The Hall–Kier alpha value is -1.62. The van der Waals surface area contributed by atoms with E-state index in [1.807, 2.05) is 26.8 Å². The van der Waals surface area contributed by atoms with Crippen molar-refractivity contribution in [3.05, 3.63) is 28.3 Å². The first-order valence-corrected chi connectivity index (χ1v) is 7.28. The molecule has 108 valence electrons. The average Bonchev–Trinajstić information content (AvgIpc) is 2.67. The fraction of sp³-hybridized carbons (Fsp3) is 0.500. The Labute approximate surface area is 124 Å². The Bertz CT molecular complexity index is 582. The van der Waals surface area contributed by atoms with E-state index in [1.54, 1.807) is 4.68 Å². The molecular weight excluding hydrogens is 274 g/mol. The fourth-order valence-electron chi connectivity index (χ4n) is 2.05. The standard InChI is InChI=1S/C14H20ClN5/c1-5-7-11-17-12(16-6-2)8-13(18-11)20-10(4)14(15)9(3)19-20/h8H,5-7H2,1-4H3,(H,16,17,18). The molecule has 0 bridgehead atoms. The van der Waals surface area contributed by atoms with Crippen LogP contribution in [0.2, 0.25) is 5.02 Å². The highest BCUT2D eigenvalue weighted by atomic mass is 35.5. The summed E-state index contributed by atoms with van der Waals surface area (Å²) in [5.74, 6) is 2.40. The third-order valence-corrected chi connectivity index (χ3v) is 3.56. The van der Waals surface area contributed by atoms with E-state index in [2.05, 4.69) is 27.3 Å². The molecule has 1 N–H and O–H groups in total. The van der Waals surface area contributed by atoms with E-state index < -0.39 is 0 Å². The molecule has 0 fully saturated rings. The van der Waals surface area contributed by atoms with E-state index >= 15 is 0 Å². The quantitative estimate of drug-likeness (QED) is 0.919. The molecule has 0 amide bonds. The molecule has 0 saturated heterocycles. The minimum absolute atomic E-state index is 0.686. The van der Waals surface area contributed by atoms with Crippen molar-refractivity contribution < 1.29 is 0 Å². The molecule has 20 heavy (non-hydrogen) atoms. The van der Waals surface area contributed by atoms with E-state index in [0.717, 1.165) is 48.2 Å². The van der Waals surface area contributed by atoms with E-state index in [4.69, 9.17) is 11.6 Å². The summed E-state index contributed by atoms with van der Waals surface area (Å²) in [7, 11) is 0. The van der Waals surface area contributed by atoms with Gasteiger partial charge in [0.2, 0.25) is 0 Å². The molecule has 2 aromatic heterocycles. The van der Waals surface area contributed by atoms with Crippen molar-refractivity contribution >= 4 is 17.4 Å². The van der Waals surface area contributed by atoms with E-state index in [1.165, 1.54) is 0 Å². The number of halogens is 1. The smallest absolute Gasteiger partial charge is 0.159 e. The molecule has 0 aliphatic carbocycles. The van der Waals surface area contributed by atoms with Crippen LogP contribution in [-0.2, 0) is 6.42 Å². The van der Waals surface area contributed by atoms with Gasteiger partial charge in [-0.1, -0.05) is 18.5 Å². The van der Waals surface area contributed by atoms with Crippen LogP contribution in [-0.4, -0.2) is 26.3 Å². The van der Waals surface area contributed by atoms with Crippen LogP contribution in [0.4, 0.5) is 5.82 Å². The van der Waals surface area contributed by atoms with Gasteiger partial charge in [0.1, 0.15) is 11.6 Å². The normalized spacial score (nSPS) is 10.8. The molecule has 0 radical (unpaired) electrons. The van der Waals surface area contributed by atoms with Gasteiger partial charge in [0, 0.05) is 19.0 Å². The highest BCUT2D eigenvalue weighted by molar-refractivity contribution is 6.31. The van der Waals surface area contributed by atoms with E-state index in [9.17, 15) is 0 Å². The molecule has 2 aromatic rings. The summed E-state index contributed by atoms with van der Waals surface area (Å²) in [5, 5.41) is 8.37. The molecule has 0 unspecified atom stereocenters. The van der Waals surface area contributed by atoms with Crippen LogP contribution in [0.5, 0.6) is 0 Å². The van der Waals surface area contributed by atoms with Crippen LogP contribution in [0.3, 0.4) is 0 Å². The zero-order valence-corrected chi connectivity index (χ0v) is 13.1. The Morgan fingerprint density at radius 2 is 2.00 bits per heavy atom. The van der Waals surface area contributed by atoms with Gasteiger partial charge in [-0.3, -0.25) is 0 Å². The molecule has 0 atom stereocenters. The minimum Gasteiger partial charge on any atom is -0.370 e. The van der Waals surface area contributed by atoms with Crippen molar-refractivity contribution in [1.29, 1.82) is 0 Å². The Morgan fingerprint density at radius 3 is 2.55 bits per heavy atom. The van der Waals surface area contributed by atoms with Crippen molar-refractivity contribution in [2.45, 2.75) is 40.5 Å². The maximum atomic E-state index is 6.21. The third-order valence-electron chi connectivity index (χ3n) is 3.01. The fourth-order valence-corrected chi connectivity index (χ4v) is 2.16. The first-order valence-electron chi connectivity index (χ1n) is 6.90. The molecule has 6 heteroatoms. The lowest BCUT2D eigenvalue weighted by molar-refractivity contribution is 0.766. The Morgan fingerprint density at radius 1 is 1.25 bits per heavy atom. The van der Waals surface area contributed by atoms with Gasteiger partial charge >= 0.3 is 0 Å². The second-order valence-corrected chi connectivity index (χ2v) is 5.08. The first-order chi connectivity index (χ1) is 9.56. The molecule has 0 aliphatic heterocycles. The van der Waals surface area contributed by atoms with Gasteiger partial charge < -0.3 is 5.32 Å². The number of rotatable bonds is 5. The van der Waals surface area contributed by atoms with Gasteiger partial charge in [0.25, 0.3) is 0 Å². The summed E-state index contributed by atoms with van der Waals surface area (Å²) >= 11 is 6.21. The molecule has 2 heterocycles. The molecule has 0 aliphatic rings. The van der Waals surface area contributed by atoms with Gasteiger partial charge in [-0.15, -0.1) is 0 Å². The van der Waals surface area contributed by atoms with Crippen molar-refractivity contribution in [1.82, 2.24) is 19.7 Å². The number of nitrogens with zero attached hydrogens (tertiary/aromatic N) is 4. The lowest BCUT2D eigenvalue weighted by atomic mass is 10.3. The van der Waals surface area contributed by atoms with Crippen molar-refractivity contribution in [3.8, 4) is 5.82 Å². The zero-order chi connectivity index (χ0) is 14.7. The largest absolute Gasteiger partial charge is 0.370 e. The van der Waals surface area contributed by atoms with Crippen LogP contribution >= 0.6 is 11.6 Å². The molecule has 5 nitrogen and oxygen atoms in total. The Kier molecular flexibility index (Phi) is 4.60. The summed E-state index contributed by atoms with van der Waals surface area (Å²) < 4.78 is 1.78. The molecular formula is C14H20ClN5. The lowest BCUT2D eigenvalue weighted by Crippen LogP contribution is -2.09. The first kappa shape index (κ1) is 14.8. The summed E-state index contributed by atoms with van der Waals surface area (Å²) in [6.07, 6.45) is 1.85. The Balaban J connectivity index is 2.51. The molecule has 0 aromatic carbocycles. The second-order valence-electron chi connectivity index (χ2n) is 4.70. The van der Waals surface area contributed by atoms with Gasteiger partial charge in [0.15, 0.2) is 5.82 Å². The zero-order valence-electron chi connectivity index (χ0n) is 12.4. The number of aryl methyl sites for hydroxylation is 2. The highest BCUT2D eigenvalue weighted by Gasteiger charge is 2.13. The predicted octanol–water partition coefficient (Wildman–Crippen LogP) is 3.32. The summed E-state index contributed by atoms with van der Waals surface area (Å²) in [6.45, 7) is 8.81. The topological polar surface area (TPSA) is 55.6 Å². The van der Waals surface area contributed by atoms with Crippen molar-refractivity contribution in [2.24, 2.45) is 0 Å².